The lowest BCUT2D eigenvalue weighted by Crippen LogP contribution is -2.52. The van der Waals surface area contributed by atoms with Crippen LogP contribution in [0.25, 0.3) is 0 Å². The van der Waals surface area contributed by atoms with Gasteiger partial charge in [-0.15, -0.1) is 0 Å². The van der Waals surface area contributed by atoms with Crippen LogP contribution in [0.15, 0.2) is 24.3 Å². The Bertz CT molecular complexity index is 624. The van der Waals surface area contributed by atoms with E-state index in [9.17, 15) is 9.59 Å². The Hall–Kier alpha value is -2.24. The number of nitrogens with zero attached hydrogens (tertiary/aromatic N) is 2. The van der Waals surface area contributed by atoms with Crippen molar-refractivity contribution in [3.8, 4) is 0 Å². The summed E-state index contributed by atoms with van der Waals surface area (Å²) in [5.41, 5.74) is 1.98. The number of unbranched alkanes of at least 4 members (excludes halogenated alkanes) is 2. The number of piperazine rings is 1. The number of benzene rings is 1. The lowest BCUT2D eigenvalue weighted by atomic mass is 9.98. The highest BCUT2D eigenvalue weighted by atomic mass is 16.2. The molecule has 6 heteroatoms. The number of carbonyl (C=O) groups is 2. The van der Waals surface area contributed by atoms with Gasteiger partial charge < -0.3 is 20.4 Å². The largest absolute Gasteiger partial charge is 0.368 e. The topological polar surface area (TPSA) is 64.7 Å². The van der Waals surface area contributed by atoms with Crippen molar-refractivity contribution in [2.75, 3.05) is 42.9 Å². The standard InChI is InChI=1S/C23H38N4O2/c1-4-7-9-19(6-3)22(28)25-20-10-12-21(13-11-20)26-15-17-27(18-16-26)23(29)24-14-8-5-2/h10-13,19H,4-9,14-18H2,1-3H3,(H,24,29)(H,25,28)/t19-/m1/s1. The summed E-state index contributed by atoms with van der Waals surface area (Å²) in [6.07, 6.45) is 6.14. The molecule has 2 rings (SSSR count). The molecule has 1 aromatic rings. The molecule has 1 saturated heterocycles. The molecule has 1 fully saturated rings. The number of anilines is 2. The number of hydrogen-bond acceptors (Lipinski definition) is 3. The number of hydrogen-bond donors (Lipinski definition) is 2. The van der Waals surface area contributed by atoms with Gasteiger partial charge >= 0.3 is 6.03 Å². The Morgan fingerprint density at radius 2 is 1.62 bits per heavy atom. The normalized spacial score (nSPS) is 15.1. The van der Waals surface area contributed by atoms with Crippen LogP contribution in [0.3, 0.4) is 0 Å². The van der Waals surface area contributed by atoms with Gasteiger partial charge in [0.15, 0.2) is 0 Å². The lowest BCUT2D eigenvalue weighted by molar-refractivity contribution is -0.120. The molecule has 0 unspecified atom stereocenters. The Kier molecular flexibility index (Phi) is 9.81. The van der Waals surface area contributed by atoms with Crippen molar-refractivity contribution in [3.05, 3.63) is 24.3 Å². The molecule has 1 aromatic carbocycles. The van der Waals surface area contributed by atoms with Crippen molar-refractivity contribution < 1.29 is 9.59 Å². The Morgan fingerprint density at radius 1 is 0.966 bits per heavy atom. The van der Waals surface area contributed by atoms with Gasteiger partial charge in [-0.3, -0.25) is 4.79 Å². The van der Waals surface area contributed by atoms with E-state index < -0.39 is 0 Å². The van der Waals surface area contributed by atoms with Crippen LogP contribution in [0.1, 0.15) is 59.3 Å². The van der Waals surface area contributed by atoms with Gasteiger partial charge in [0.25, 0.3) is 0 Å². The predicted octanol–water partition coefficient (Wildman–Crippen LogP) is 4.47. The molecule has 2 N–H and O–H groups in total. The molecule has 0 aliphatic carbocycles. The molecule has 0 saturated carbocycles. The van der Waals surface area contributed by atoms with Gasteiger partial charge in [-0.1, -0.05) is 40.0 Å². The highest BCUT2D eigenvalue weighted by Gasteiger charge is 2.21. The van der Waals surface area contributed by atoms with E-state index in [4.69, 9.17) is 0 Å². The average Bonchev–Trinajstić information content (AvgIpc) is 2.75. The highest BCUT2D eigenvalue weighted by Crippen LogP contribution is 2.21. The SMILES string of the molecule is CCCCNC(=O)N1CCN(c2ccc(NC(=O)[C@H](CC)CCCC)cc2)CC1. The summed E-state index contributed by atoms with van der Waals surface area (Å²) in [7, 11) is 0. The molecule has 1 aliphatic heterocycles. The minimum Gasteiger partial charge on any atom is -0.368 e. The van der Waals surface area contributed by atoms with E-state index in [0.717, 1.165) is 82.6 Å². The van der Waals surface area contributed by atoms with Crippen LogP contribution in [0.2, 0.25) is 0 Å². The maximum absolute atomic E-state index is 12.5. The Balaban J connectivity index is 1.82. The van der Waals surface area contributed by atoms with E-state index in [2.05, 4.69) is 48.4 Å². The molecule has 1 heterocycles. The summed E-state index contributed by atoms with van der Waals surface area (Å²) in [5.74, 6) is 0.211. The van der Waals surface area contributed by atoms with Crippen molar-refractivity contribution in [2.24, 2.45) is 5.92 Å². The van der Waals surface area contributed by atoms with E-state index >= 15 is 0 Å². The van der Waals surface area contributed by atoms with Gasteiger partial charge in [0.05, 0.1) is 0 Å². The highest BCUT2D eigenvalue weighted by molar-refractivity contribution is 5.92. The minimum atomic E-state index is 0.0460. The fraction of sp³-hybridized carbons (Fsp3) is 0.652. The number of nitrogens with one attached hydrogen (secondary N) is 2. The van der Waals surface area contributed by atoms with Crippen LogP contribution in [0.4, 0.5) is 16.2 Å². The predicted molar refractivity (Wildman–Crippen MR) is 120 cm³/mol. The van der Waals surface area contributed by atoms with Gasteiger partial charge in [-0.25, -0.2) is 4.79 Å². The second-order valence-electron chi connectivity index (χ2n) is 7.84. The first-order valence-corrected chi connectivity index (χ1v) is 11.3. The quantitative estimate of drug-likeness (QED) is 0.568. The van der Waals surface area contributed by atoms with Crippen LogP contribution in [-0.2, 0) is 4.79 Å². The third-order valence-electron chi connectivity index (χ3n) is 5.64. The fourth-order valence-corrected chi connectivity index (χ4v) is 3.62. The van der Waals surface area contributed by atoms with Gasteiger partial charge in [-0.2, -0.15) is 0 Å². The van der Waals surface area contributed by atoms with E-state index in [-0.39, 0.29) is 17.9 Å². The van der Waals surface area contributed by atoms with E-state index in [1.807, 2.05) is 17.0 Å². The zero-order chi connectivity index (χ0) is 21.1. The molecular formula is C23H38N4O2. The van der Waals surface area contributed by atoms with Gasteiger partial charge in [0.2, 0.25) is 5.91 Å². The van der Waals surface area contributed by atoms with Crippen molar-refractivity contribution in [3.63, 3.8) is 0 Å². The van der Waals surface area contributed by atoms with E-state index in [1.54, 1.807) is 0 Å². The fourth-order valence-electron chi connectivity index (χ4n) is 3.62. The molecule has 29 heavy (non-hydrogen) atoms. The molecule has 0 bridgehead atoms. The Morgan fingerprint density at radius 3 is 2.21 bits per heavy atom. The maximum atomic E-state index is 12.5. The minimum absolute atomic E-state index is 0.0460. The summed E-state index contributed by atoms with van der Waals surface area (Å²) in [5, 5.41) is 6.05. The second-order valence-corrected chi connectivity index (χ2v) is 7.84. The molecule has 0 aromatic heterocycles. The summed E-state index contributed by atoms with van der Waals surface area (Å²) in [6, 6.07) is 8.11. The average molecular weight is 403 g/mol. The molecule has 0 radical (unpaired) electrons. The zero-order valence-corrected chi connectivity index (χ0v) is 18.4. The molecule has 0 spiro atoms. The van der Waals surface area contributed by atoms with Gasteiger partial charge in [0, 0.05) is 50.0 Å². The first-order chi connectivity index (χ1) is 14.1. The smallest absolute Gasteiger partial charge is 0.317 e. The second kappa shape index (κ2) is 12.3. The van der Waals surface area contributed by atoms with Crippen LogP contribution in [-0.4, -0.2) is 49.6 Å². The molecule has 1 atom stereocenters. The van der Waals surface area contributed by atoms with Crippen molar-refractivity contribution in [1.82, 2.24) is 10.2 Å². The van der Waals surface area contributed by atoms with Crippen LogP contribution >= 0.6 is 0 Å². The van der Waals surface area contributed by atoms with Crippen LogP contribution in [0.5, 0.6) is 0 Å². The van der Waals surface area contributed by atoms with Gasteiger partial charge in [0.1, 0.15) is 0 Å². The van der Waals surface area contributed by atoms with E-state index in [1.165, 1.54) is 0 Å². The third-order valence-corrected chi connectivity index (χ3v) is 5.64. The molecule has 6 nitrogen and oxygen atoms in total. The first-order valence-electron chi connectivity index (χ1n) is 11.3. The monoisotopic (exact) mass is 402 g/mol. The maximum Gasteiger partial charge on any atom is 0.317 e. The number of urea groups is 1. The number of amides is 3. The molecule has 1 aliphatic rings. The Labute approximate surface area is 176 Å². The van der Waals surface area contributed by atoms with E-state index in [0.29, 0.717) is 0 Å². The zero-order valence-electron chi connectivity index (χ0n) is 18.4. The van der Waals surface area contributed by atoms with Crippen LogP contribution < -0.4 is 15.5 Å². The summed E-state index contributed by atoms with van der Waals surface area (Å²) in [4.78, 5) is 28.8. The molecule has 3 amide bonds. The molecule has 162 valence electrons. The first kappa shape index (κ1) is 23.0. The summed E-state index contributed by atoms with van der Waals surface area (Å²) in [6.45, 7) is 10.2. The number of rotatable bonds is 10. The van der Waals surface area contributed by atoms with Crippen LogP contribution in [0, 0.1) is 5.92 Å². The van der Waals surface area contributed by atoms with Crippen molar-refractivity contribution >= 4 is 23.3 Å². The molecular weight excluding hydrogens is 364 g/mol. The van der Waals surface area contributed by atoms with Crippen molar-refractivity contribution in [1.29, 1.82) is 0 Å². The van der Waals surface area contributed by atoms with Gasteiger partial charge in [-0.05, 0) is 43.5 Å². The lowest BCUT2D eigenvalue weighted by Gasteiger charge is -2.36. The van der Waals surface area contributed by atoms with Crippen molar-refractivity contribution in [2.45, 2.75) is 59.3 Å². The number of carbonyl (C=O) groups excluding carboxylic acids is 2. The third kappa shape index (κ3) is 7.26. The summed E-state index contributed by atoms with van der Waals surface area (Å²) < 4.78 is 0. The summed E-state index contributed by atoms with van der Waals surface area (Å²) >= 11 is 0.